The van der Waals surface area contributed by atoms with E-state index >= 15 is 0 Å². The van der Waals surface area contributed by atoms with Crippen molar-refractivity contribution in [2.24, 2.45) is 0 Å². The summed E-state index contributed by atoms with van der Waals surface area (Å²) in [4.78, 5) is 2.62. The Morgan fingerprint density at radius 2 is 1.32 bits per heavy atom. The van der Waals surface area contributed by atoms with Crippen LogP contribution in [0.1, 0.15) is 117 Å². The molecule has 28 heavy (non-hydrogen) atoms. The van der Waals surface area contributed by atoms with E-state index in [0.29, 0.717) is 6.17 Å². The van der Waals surface area contributed by atoms with Crippen molar-refractivity contribution in [3.63, 3.8) is 0 Å². The molecule has 168 valence electrons. The minimum absolute atomic E-state index is 0. The number of nitrogens with one attached hydrogen (secondary N) is 1. The lowest BCUT2D eigenvalue weighted by Crippen LogP contribution is -2.46. The van der Waals surface area contributed by atoms with E-state index in [0.717, 1.165) is 0 Å². The molecule has 0 aromatic heterocycles. The highest BCUT2D eigenvalue weighted by atomic mass is 16.0. The molecular formula is C24H51N3O. The quantitative estimate of drug-likeness (QED) is 0.228. The van der Waals surface area contributed by atoms with Crippen molar-refractivity contribution in [2.75, 3.05) is 26.7 Å². The van der Waals surface area contributed by atoms with Crippen LogP contribution in [0.25, 0.3) is 0 Å². The number of amidine groups is 1. The molecule has 0 aromatic rings. The van der Waals surface area contributed by atoms with Crippen LogP contribution in [0.2, 0.25) is 0 Å². The van der Waals surface area contributed by atoms with Crippen LogP contribution < -0.4 is 5.32 Å². The van der Waals surface area contributed by atoms with E-state index in [1.165, 1.54) is 116 Å². The maximum Gasteiger partial charge on any atom is 0.248 e. The standard InChI is InChI=1S/C24H50N3.H2O/c1-5-7-9-11-13-14-15-17-19-24-26(4)21-22-27(24)23(3)25-20-18-16-12-10-8-6-2;/h23,25H,5-22H2,1-4H3;1H2/q+1;/p-1. The topological polar surface area (TPSA) is 48.3 Å². The van der Waals surface area contributed by atoms with E-state index in [1.807, 2.05) is 0 Å². The zero-order valence-corrected chi connectivity index (χ0v) is 19.6. The fourth-order valence-corrected chi connectivity index (χ4v) is 4.23. The summed E-state index contributed by atoms with van der Waals surface area (Å²) in [7, 11) is 2.28. The largest absolute Gasteiger partial charge is 0.870 e. The zero-order chi connectivity index (χ0) is 19.7. The molecule has 1 rings (SSSR count). The highest BCUT2D eigenvalue weighted by molar-refractivity contribution is 5.78. The summed E-state index contributed by atoms with van der Waals surface area (Å²) < 4.78 is 2.49. The first-order valence-corrected chi connectivity index (χ1v) is 12.3. The van der Waals surface area contributed by atoms with Gasteiger partial charge in [0, 0.05) is 6.42 Å². The van der Waals surface area contributed by atoms with Crippen molar-refractivity contribution in [1.82, 2.24) is 10.2 Å². The second-order valence-electron chi connectivity index (χ2n) is 8.65. The van der Waals surface area contributed by atoms with Crippen LogP contribution >= 0.6 is 0 Å². The third-order valence-electron chi connectivity index (χ3n) is 6.14. The van der Waals surface area contributed by atoms with Crippen LogP contribution in [-0.4, -0.2) is 53.6 Å². The Balaban J connectivity index is 0.00000729. The first kappa shape index (κ1) is 27.4. The van der Waals surface area contributed by atoms with Crippen LogP contribution in [0.4, 0.5) is 0 Å². The summed E-state index contributed by atoms with van der Waals surface area (Å²) in [5.74, 6) is 1.57. The SMILES string of the molecule is CCCCCCCCCCC1=[N+](C)CCN1C(C)NCCCCCCCC.[OH-]. The summed E-state index contributed by atoms with van der Waals surface area (Å²) in [6.07, 6.45) is 21.3. The molecule has 0 saturated heterocycles. The third kappa shape index (κ3) is 12.1. The van der Waals surface area contributed by atoms with Crippen LogP contribution in [0.5, 0.6) is 0 Å². The molecule has 0 amide bonds. The van der Waals surface area contributed by atoms with E-state index in [9.17, 15) is 0 Å². The molecule has 0 fully saturated rings. The Labute approximate surface area is 176 Å². The number of rotatable bonds is 18. The minimum atomic E-state index is 0. The van der Waals surface area contributed by atoms with Gasteiger partial charge in [0.25, 0.3) is 0 Å². The lowest BCUT2D eigenvalue weighted by atomic mass is 10.1. The highest BCUT2D eigenvalue weighted by Gasteiger charge is 2.31. The zero-order valence-electron chi connectivity index (χ0n) is 19.6. The Hall–Kier alpha value is -0.610. The van der Waals surface area contributed by atoms with Gasteiger partial charge in [-0.2, -0.15) is 0 Å². The molecule has 0 bridgehead atoms. The molecule has 1 aliphatic rings. The fraction of sp³-hybridized carbons (Fsp3) is 0.958. The third-order valence-corrected chi connectivity index (χ3v) is 6.14. The molecule has 2 N–H and O–H groups in total. The summed E-state index contributed by atoms with van der Waals surface area (Å²) in [6.45, 7) is 10.5. The van der Waals surface area contributed by atoms with Crippen LogP contribution in [-0.2, 0) is 0 Å². The summed E-state index contributed by atoms with van der Waals surface area (Å²) in [6, 6.07) is 0. The second kappa shape index (κ2) is 18.4. The lowest BCUT2D eigenvalue weighted by Gasteiger charge is -2.22. The molecule has 1 heterocycles. The average molecular weight is 398 g/mol. The van der Waals surface area contributed by atoms with Gasteiger partial charge in [-0.25, -0.2) is 4.90 Å². The van der Waals surface area contributed by atoms with Crippen molar-refractivity contribution >= 4 is 5.84 Å². The highest BCUT2D eigenvalue weighted by Crippen LogP contribution is 2.14. The van der Waals surface area contributed by atoms with Crippen molar-refractivity contribution in [3.05, 3.63) is 0 Å². The molecule has 1 unspecified atom stereocenters. The van der Waals surface area contributed by atoms with Gasteiger partial charge in [0.2, 0.25) is 5.84 Å². The molecular weight excluding hydrogens is 346 g/mol. The lowest BCUT2D eigenvalue weighted by molar-refractivity contribution is -0.487. The first-order chi connectivity index (χ1) is 13.2. The first-order valence-electron chi connectivity index (χ1n) is 12.3. The van der Waals surface area contributed by atoms with Crippen molar-refractivity contribution in [2.45, 2.75) is 123 Å². The predicted octanol–water partition coefficient (Wildman–Crippen LogP) is 5.99. The molecule has 0 saturated carbocycles. The monoisotopic (exact) mass is 397 g/mol. The molecule has 0 radical (unpaired) electrons. The van der Waals surface area contributed by atoms with Gasteiger partial charge in [0.15, 0.2) is 0 Å². The van der Waals surface area contributed by atoms with Gasteiger partial charge in [-0.15, -0.1) is 0 Å². The second-order valence-corrected chi connectivity index (χ2v) is 8.65. The molecule has 4 nitrogen and oxygen atoms in total. The summed E-state index contributed by atoms with van der Waals surface area (Å²) >= 11 is 0. The van der Waals surface area contributed by atoms with Gasteiger partial charge in [-0.1, -0.05) is 90.9 Å². The predicted molar refractivity (Wildman–Crippen MR) is 123 cm³/mol. The Morgan fingerprint density at radius 1 is 0.821 bits per heavy atom. The number of nitrogens with zero attached hydrogens (tertiary/aromatic N) is 2. The molecule has 0 spiro atoms. The van der Waals surface area contributed by atoms with Gasteiger partial charge in [-0.3, -0.25) is 9.89 Å². The van der Waals surface area contributed by atoms with E-state index in [-0.39, 0.29) is 5.48 Å². The van der Waals surface area contributed by atoms with Gasteiger partial charge >= 0.3 is 0 Å². The molecule has 0 aromatic carbocycles. The smallest absolute Gasteiger partial charge is 0.248 e. The van der Waals surface area contributed by atoms with Gasteiger partial charge in [0.1, 0.15) is 19.3 Å². The van der Waals surface area contributed by atoms with E-state index in [1.54, 1.807) is 5.84 Å². The Morgan fingerprint density at radius 3 is 1.89 bits per heavy atom. The van der Waals surface area contributed by atoms with Gasteiger partial charge in [-0.05, 0) is 26.3 Å². The number of likely N-dealkylation sites (N-methyl/N-ethyl adjacent to an activating group) is 1. The van der Waals surface area contributed by atoms with Gasteiger partial charge in [0.05, 0.1) is 7.05 Å². The van der Waals surface area contributed by atoms with Gasteiger partial charge < -0.3 is 5.48 Å². The molecule has 1 atom stereocenters. The van der Waals surface area contributed by atoms with E-state index in [2.05, 4.69) is 42.6 Å². The normalized spacial score (nSPS) is 15.2. The van der Waals surface area contributed by atoms with Crippen molar-refractivity contribution < 1.29 is 10.1 Å². The maximum atomic E-state index is 3.77. The molecule has 1 aliphatic heterocycles. The van der Waals surface area contributed by atoms with Crippen LogP contribution in [0.15, 0.2) is 0 Å². The van der Waals surface area contributed by atoms with E-state index < -0.39 is 0 Å². The Bertz CT molecular complexity index is 384. The van der Waals surface area contributed by atoms with E-state index in [4.69, 9.17) is 0 Å². The van der Waals surface area contributed by atoms with Crippen LogP contribution in [0, 0.1) is 0 Å². The molecule has 0 aliphatic carbocycles. The molecule has 4 heteroatoms. The number of unbranched alkanes of at least 4 members (excludes halogenated alkanes) is 12. The van der Waals surface area contributed by atoms with Crippen molar-refractivity contribution in [1.29, 1.82) is 0 Å². The number of hydrogen-bond acceptors (Lipinski definition) is 3. The summed E-state index contributed by atoms with van der Waals surface area (Å²) in [5, 5.41) is 3.77. The van der Waals surface area contributed by atoms with Crippen molar-refractivity contribution in [3.8, 4) is 0 Å². The minimum Gasteiger partial charge on any atom is -0.870 e. The van der Waals surface area contributed by atoms with Crippen LogP contribution in [0.3, 0.4) is 0 Å². The fourth-order valence-electron chi connectivity index (χ4n) is 4.23. The maximum absolute atomic E-state index is 3.77. The average Bonchev–Trinajstić information content (AvgIpc) is 3.03. The summed E-state index contributed by atoms with van der Waals surface area (Å²) in [5.41, 5.74) is 0. The number of hydrogen-bond donors (Lipinski definition) is 1. The Kier molecular flexibility index (Phi) is 18.0.